The van der Waals surface area contributed by atoms with Gasteiger partial charge in [0.15, 0.2) is 5.82 Å². The van der Waals surface area contributed by atoms with E-state index in [1.807, 2.05) is 6.07 Å². The Morgan fingerprint density at radius 2 is 1.87 bits per heavy atom. The SMILES string of the molecule is COc1ccc(NC(=O)Nc2cc(F)c3nc(N4CCOCC4)ccc3c2)c(OC)c1. The minimum atomic E-state index is -0.528. The molecule has 2 aromatic carbocycles. The molecule has 2 amide bonds. The first-order valence-electron chi connectivity index (χ1n) is 9.80. The highest BCUT2D eigenvalue weighted by molar-refractivity contribution is 6.02. The van der Waals surface area contributed by atoms with Crippen molar-refractivity contribution in [2.24, 2.45) is 0 Å². The fraction of sp³-hybridized carbons (Fsp3) is 0.273. The minimum absolute atomic E-state index is 0.256. The molecule has 0 spiro atoms. The Morgan fingerprint density at radius 3 is 2.61 bits per heavy atom. The van der Waals surface area contributed by atoms with Gasteiger partial charge in [-0.05, 0) is 36.4 Å². The standard InChI is InChI=1S/C22H23FN4O4/c1-29-16-4-5-18(19(13-16)30-2)25-22(28)24-15-11-14-3-6-20(26-21(14)17(23)12-15)27-7-9-31-10-8-27/h3-6,11-13H,7-10H2,1-2H3,(H2,24,25,28). The number of nitrogens with zero attached hydrogens (tertiary/aromatic N) is 2. The number of nitrogens with one attached hydrogen (secondary N) is 2. The molecule has 1 aliphatic heterocycles. The van der Waals surface area contributed by atoms with Crippen molar-refractivity contribution in [3.63, 3.8) is 0 Å². The molecule has 4 rings (SSSR count). The maximum Gasteiger partial charge on any atom is 0.323 e. The van der Waals surface area contributed by atoms with Crippen molar-refractivity contribution >= 4 is 34.1 Å². The first kappa shape index (κ1) is 20.7. The predicted molar refractivity (Wildman–Crippen MR) is 117 cm³/mol. The zero-order chi connectivity index (χ0) is 21.8. The van der Waals surface area contributed by atoms with E-state index in [2.05, 4.69) is 20.5 Å². The number of amides is 2. The lowest BCUT2D eigenvalue weighted by Crippen LogP contribution is -2.36. The van der Waals surface area contributed by atoms with Crippen LogP contribution in [0.15, 0.2) is 42.5 Å². The summed E-state index contributed by atoms with van der Waals surface area (Å²) in [7, 11) is 3.04. The number of hydrogen-bond acceptors (Lipinski definition) is 6. The number of rotatable bonds is 5. The number of hydrogen-bond donors (Lipinski definition) is 2. The van der Waals surface area contributed by atoms with E-state index in [-0.39, 0.29) is 5.52 Å². The highest BCUT2D eigenvalue weighted by atomic mass is 19.1. The molecule has 0 saturated carbocycles. The van der Waals surface area contributed by atoms with Crippen LogP contribution in [0, 0.1) is 5.82 Å². The predicted octanol–water partition coefficient (Wildman–Crippen LogP) is 3.87. The number of carbonyl (C=O) groups is 1. The van der Waals surface area contributed by atoms with Crippen molar-refractivity contribution in [1.82, 2.24) is 4.98 Å². The molecular weight excluding hydrogens is 403 g/mol. The molecule has 9 heteroatoms. The zero-order valence-corrected chi connectivity index (χ0v) is 17.3. The Balaban J connectivity index is 1.51. The van der Waals surface area contributed by atoms with Crippen molar-refractivity contribution in [1.29, 1.82) is 0 Å². The Kier molecular flexibility index (Phi) is 6.03. The van der Waals surface area contributed by atoms with Crippen LogP contribution in [0.3, 0.4) is 0 Å². The lowest BCUT2D eigenvalue weighted by atomic mass is 10.2. The van der Waals surface area contributed by atoms with Gasteiger partial charge in [0.05, 0.1) is 33.1 Å². The number of pyridine rings is 1. The van der Waals surface area contributed by atoms with Crippen LogP contribution in [0.1, 0.15) is 0 Å². The summed E-state index contributed by atoms with van der Waals surface area (Å²) >= 11 is 0. The molecule has 1 aliphatic rings. The van der Waals surface area contributed by atoms with Gasteiger partial charge in [-0.2, -0.15) is 0 Å². The number of anilines is 3. The van der Waals surface area contributed by atoms with Gasteiger partial charge in [-0.15, -0.1) is 0 Å². The zero-order valence-electron chi connectivity index (χ0n) is 17.3. The molecule has 1 aromatic heterocycles. The van der Waals surface area contributed by atoms with E-state index in [0.717, 1.165) is 13.1 Å². The maximum absolute atomic E-state index is 14.8. The number of methoxy groups -OCH3 is 2. The summed E-state index contributed by atoms with van der Waals surface area (Å²) in [6, 6.07) is 11.1. The largest absolute Gasteiger partial charge is 0.497 e. The van der Waals surface area contributed by atoms with E-state index in [1.54, 1.807) is 37.4 Å². The molecular formula is C22H23FN4O4. The molecule has 1 fully saturated rings. The Bertz CT molecular complexity index is 1100. The Morgan fingerprint density at radius 1 is 1.06 bits per heavy atom. The summed E-state index contributed by atoms with van der Waals surface area (Å²) in [5.41, 5.74) is 1.03. The third-order valence-electron chi connectivity index (χ3n) is 4.98. The first-order valence-corrected chi connectivity index (χ1v) is 9.80. The topological polar surface area (TPSA) is 85.0 Å². The summed E-state index contributed by atoms with van der Waals surface area (Å²) in [6.45, 7) is 2.68. The summed E-state index contributed by atoms with van der Waals surface area (Å²) in [5.74, 6) is 1.24. The van der Waals surface area contributed by atoms with Crippen LogP contribution < -0.4 is 25.0 Å². The molecule has 31 heavy (non-hydrogen) atoms. The van der Waals surface area contributed by atoms with Gasteiger partial charge < -0.3 is 29.7 Å². The molecule has 1 saturated heterocycles. The summed E-state index contributed by atoms with van der Waals surface area (Å²) < 4.78 is 30.5. The molecule has 2 N–H and O–H groups in total. The van der Waals surface area contributed by atoms with Gasteiger partial charge in [0.2, 0.25) is 0 Å². The second-order valence-electron chi connectivity index (χ2n) is 6.94. The molecule has 0 bridgehead atoms. The molecule has 162 valence electrons. The lowest BCUT2D eigenvalue weighted by molar-refractivity contribution is 0.122. The van der Waals surface area contributed by atoms with Gasteiger partial charge in [0.1, 0.15) is 22.8 Å². The van der Waals surface area contributed by atoms with Crippen LogP contribution in [0.25, 0.3) is 10.9 Å². The Labute approximate surface area is 178 Å². The third kappa shape index (κ3) is 4.61. The number of halogens is 1. The molecule has 0 radical (unpaired) electrons. The van der Waals surface area contributed by atoms with E-state index < -0.39 is 11.8 Å². The van der Waals surface area contributed by atoms with Crippen molar-refractivity contribution in [3.8, 4) is 11.5 Å². The van der Waals surface area contributed by atoms with Crippen LogP contribution in [0.5, 0.6) is 11.5 Å². The number of ether oxygens (including phenoxy) is 3. The van der Waals surface area contributed by atoms with Crippen LogP contribution in [-0.4, -0.2) is 51.5 Å². The number of fused-ring (bicyclic) bond motifs is 1. The second kappa shape index (κ2) is 9.05. The highest BCUT2D eigenvalue weighted by Crippen LogP contribution is 2.29. The average Bonchev–Trinajstić information content (AvgIpc) is 2.79. The van der Waals surface area contributed by atoms with E-state index in [4.69, 9.17) is 14.2 Å². The minimum Gasteiger partial charge on any atom is -0.497 e. The fourth-order valence-corrected chi connectivity index (χ4v) is 3.41. The summed E-state index contributed by atoms with van der Waals surface area (Å²) in [5, 5.41) is 5.94. The Hall–Kier alpha value is -3.59. The summed E-state index contributed by atoms with van der Waals surface area (Å²) in [4.78, 5) is 19.0. The molecule has 8 nitrogen and oxygen atoms in total. The van der Waals surface area contributed by atoms with E-state index in [9.17, 15) is 9.18 Å². The highest BCUT2D eigenvalue weighted by Gasteiger charge is 2.15. The third-order valence-corrected chi connectivity index (χ3v) is 4.98. The smallest absolute Gasteiger partial charge is 0.323 e. The van der Waals surface area contributed by atoms with Crippen molar-refractivity contribution in [2.45, 2.75) is 0 Å². The van der Waals surface area contributed by atoms with Gasteiger partial charge in [-0.3, -0.25) is 0 Å². The quantitative estimate of drug-likeness (QED) is 0.644. The van der Waals surface area contributed by atoms with Gasteiger partial charge in [0.25, 0.3) is 0 Å². The summed E-state index contributed by atoms with van der Waals surface area (Å²) in [6.07, 6.45) is 0. The first-order chi connectivity index (χ1) is 15.1. The molecule has 2 heterocycles. The molecule has 0 unspecified atom stereocenters. The normalized spacial score (nSPS) is 13.7. The van der Waals surface area contributed by atoms with Gasteiger partial charge in [-0.25, -0.2) is 14.2 Å². The molecule has 3 aromatic rings. The van der Waals surface area contributed by atoms with Gasteiger partial charge in [-0.1, -0.05) is 0 Å². The molecule has 0 aliphatic carbocycles. The number of urea groups is 1. The van der Waals surface area contributed by atoms with Crippen LogP contribution in [-0.2, 0) is 4.74 Å². The monoisotopic (exact) mass is 426 g/mol. The number of benzene rings is 2. The van der Waals surface area contributed by atoms with Crippen molar-refractivity contribution in [2.75, 3.05) is 56.1 Å². The van der Waals surface area contributed by atoms with Crippen LogP contribution >= 0.6 is 0 Å². The average molecular weight is 426 g/mol. The van der Waals surface area contributed by atoms with Crippen LogP contribution in [0.4, 0.5) is 26.4 Å². The van der Waals surface area contributed by atoms with Crippen LogP contribution in [0.2, 0.25) is 0 Å². The van der Waals surface area contributed by atoms with E-state index >= 15 is 0 Å². The lowest BCUT2D eigenvalue weighted by Gasteiger charge is -2.28. The van der Waals surface area contributed by atoms with E-state index in [1.165, 1.54) is 13.2 Å². The van der Waals surface area contributed by atoms with Gasteiger partial charge >= 0.3 is 6.03 Å². The second-order valence-corrected chi connectivity index (χ2v) is 6.94. The van der Waals surface area contributed by atoms with Crippen molar-refractivity contribution < 1.29 is 23.4 Å². The number of morpholine rings is 1. The van der Waals surface area contributed by atoms with Gasteiger partial charge in [0, 0.05) is 30.2 Å². The van der Waals surface area contributed by atoms with E-state index in [0.29, 0.717) is 47.3 Å². The molecule has 0 atom stereocenters. The maximum atomic E-state index is 14.8. The number of carbonyl (C=O) groups excluding carboxylic acids is 1. The number of aromatic nitrogens is 1. The fourth-order valence-electron chi connectivity index (χ4n) is 3.41. The van der Waals surface area contributed by atoms with Crippen molar-refractivity contribution in [3.05, 3.63) is 48.3 Å².